The lowest BCUT2D eigenvalue weighted by Crippen LogP contribution is -2.30. The molecular formula is C16H14ClN5O2. The van der Waals surface area contributed by atoms with Crippen LogP contribution in [0.2, 0.25) is 5.02 Å². The Morgan fingerprint density at radius 1 is 1.17 bits per heavy atom. The van der Waals surface area contributed by atoms with Crippen LogP contribution in [-0.4, -0.2) is 27.8 Å². The highest BCUT2D eigenvalue weighted by Gasteiger charge is 2.09. The molecule has 2 amide bonds. The maximum atomic E-state index is 11.8. The van der Waals surface area contributed by atoms with Gasteiger partial charge in [-0.2, -0.15) is 0 Å². The number of nitrogens with one attached hydrogen (secondary N) is 2. The number of halogens is 1. The lowest BCUT2D eigenvalue weighted by atomic mass is 10.3. The molecule has 0 radical (unpaired) electrons. The van der Waals surface area contributed by atoms with Crippen LogP contribution in [-0.2, 0) is 6.42 Å². The molecule has 24 heavy (non-hydrogen) atoms. The summed E-state index contributed by atoms with van der Waals surface area (Å²) in [4.78, 5) is 15.8. The summed E-state index contributed by atoms with van der Waals surface area (Å²) in [6.07, 6.45) is 3.75. The number of anilines is 1. The minimum atomic E-state index is -0.315. The standard InChI is InChI=1S/C16H14ClN5O2/c17-12-3-5-13(6-4-12)20-16(23)19-9-7-14-21-22-15(24-14)11-2-1-8-18-10-11/h1-6,8,10H,7,9H2,(H2,19,20,23). The van der Waals surface area contributed by atoms with Crippen molar-refractivity contribution in [1.29, 1.82) is 0 Å². The SMILES string of the molecule is O=C(NCCc1nnc(-c2cccnc2)o1)Nc1ccc(Cl)cc1. The summed E-state index contributed by atoms with van der Waals surface area (Å²) in [6.45, 7) is 0.369. The van der Waals surface area contributed by atoms with Crippen molar-refractivity contribution in [2.45, 2.75) is 6.42 Å². The van der Waals surface area contributed by atoms with E-state index < -0.39 is 0 Å². The first-order valence-electron chi connectivity index (χ1n) is 7.24. The lowest BCUT2D eigenvalue weighted by Gasteiger charge is -2.06. The number of aromatic nitrogens is 3. The van der Waals surface area contributed by atoms with Gasteiger partial charge in [0.05, 0.1) is 5.56 Å². The van der Waals surface area contributed by atoms with E-state index in [1.807, 2.05) is 6.07 Å². The first-order valence-corrected chi connectivity index (χ1v) is 7.62. The van der Waals surface area contributed by atoms with E-state index in [2.05, 4.69) is 25.8 Å². The Labute approximate surface area is 143 Å². The molecular weight excluding hydrogens is 330 g/mol. The second-order valence-corrected chi connectivity index (χ2v) is 5.32. The minimum absolute atomic E-state index is 0.315. The molecule has 122 valence electrons. The fraction of sp³-hybridized carbons (Fsp3) is 0.125. The van der Waals surface area contributed by atoms with Crippen LogP contribution in [0.1, 0.15) is 5.89 Å². The lowest BCUT2D eigenvalue weighted by molar-refractivity contribution is 0.252. The van der Waals surface area contributed by atoms with Crippen LogP contribution in [0.25, 0.3) is 11.5 Å². The highest BCUT2D eigenvalue weighted by Crippen LogP contribution is 2.16. The number of benzene rings is 1. The number of urea groups is 1. The normalized spacial score (nSPS) is 10.4. The summed E-state index contributed by atoms with van der Waals surface area (Å²) in [7, 11) is 0. The Morgan fingerprint density at radius 2 is 2.00 bits per heavy atom. The van der Waals surface area contributed by atoms with Crippen molar-refractivity contribution in [2.75, 3.05) is 11.9 Å². The van der Waals surface area contributed by atoms with Gasteiger partial charge in [0.15, 0.2) is 0 Å². The molecule has 3 aromatic rings. The summed E-state index contributed by atoms with van der Waals surface area (Å²) < 4.78 is 5.53. The summed E-state index contributed by atoms with van der Waals surface area (Å²) in [6, 6.07) is 10.2. The predicted molar refractivity (Wildman–Crippen MR) is 89.7 cm³/mol. The third-order valence-electron chi connectivity index (χ3n) is 3.10. The Morgan fingerprint density at radius 3 is 2.75 bits per heavy atom. The quantitative estimate of drug-likeness (QED) is 0.742. The molecule has 0 atom stereocenters. The Bertz CT molecular complexity index is 805. The molecule has 7 nitrogen and oxygen atoms in total. The highest BCUT2D eigenvalue weighted by atomic mass is 35.5. The van der Waals surface area contributed by atoms with Crippen LogP contribution >= 0.6 is 11.6 Å². The molecule has 0 spiro atoms. The van der Waals surface area contributed by atoms with E-state index in [1.54, 1.807) is 42.7 Å². The number of pyridine rings is 1. The van der Waals surface area contributed by atoms with Crippen molar-refractivity contribution in [1.82, 2.24) is 20.5 Å². The fourth-order valence-corrected chi connectivity index (χ4v) is 2.08. The van der Waals surface area contributed by atoms with Gasteiger partial charge in [0.2, 0.25) is 11.8 Å². The molecule has 0 saturated heterocycles. The highest BCUT2D eigenvalue weighted by molar-refractivity contribution is 6.30. The van der Waals surface area contributed by atoms with Crippen LogP contribution in [0.5, 0.6) is 0 Å². The molecule has 0 aliphatic rings. The largest absolute Gasteiger partial charge is 0.421 e. The Hall–Kier alpha value is -2.93. The number of hydrogen-bond acceptors (Lipinski definition) is 5. The summed E-state index contributed by atoms with van der Waals surface area (Å²) >= 11 is 5.79. The van der Waals surface area contributed by atoms with E-state index >= 15 is 0 Å². The van der Waals surface area contributed by atoms with Crippen LogP contribution in [0.4, 0.5) is 10.5 Å². The number of hydrogen-bond donors (Lipinski definition) is 2. The third kappa shape index (κ3) is 4.30. The molecule has 2 aromatic heterocycles. The van der Waals surface area contributed by atoms with Crippen molar-refractivity contribution in [2.24, 2.45) is 0 Å². The third-order valence-corrected chi connectivity index (χ3v) is 3.35. The molecule has 3 rings (SSSR count). The minimum Gasteiger partial charge on any atom is -0.421 e. The smallest absolute Gasteiger partial charge is 0.319 e. The number of rotatable bonds is 5. The van der Waals surface area contributed by atoms with E-state index in [0.29, 0.717) is 35.5 Å². The van der Waals surface area contributed by atoms with Crippen molar-refractivity contribution in [3.8, 4) is 11.5 Å². The van der Waals surface area contributed by atoms with E-state index in [0.717, 1.165) is 5.56 Å². The van der Waals surface area contributed by atoms with E-state index in [9.17, 15) is 4.79 Å². The van der Waals surface area contributed by atoms with Crippen molar-refractivity contribution >= 4 is 23.3 Å². The molecule has 0 fully saturated rings. The number of amides is 2. The Balaban J connectivity index is 1.47. The van der Waals surface area contributed by atoms with E-state index in [1.165, 1.54) is 0 Å². The van der Waals surface area contributed by atoms with Crippen LogP contribution in [0.15, 0.2) is 53.2 Å². The number of nitrogens with zero attached hydrogens (tertiary/aromatic N) is 3. The molecule has 0 unspecified atom stereocenters. The molecule has 2 heterocycles. The molecule has 0 saturated carbocycles. The number of carbonyl (C=O) groups excluding carboxylic acids is 1. The van der Waals surface area contributed by atoms with Crippen molar-refractivity contribution in [3.63, 3.8) is 0 Å². The van der Waals surface area contributed by atoms with Gasteiger partial charge in [-0.1, -0.05) is 11.6 Å². The summed E-state index contributed by atoms with van der Waals surface area (Å²) in [5, 5.41) is 14.0. The molecule has 0 bridgehead atoms. The van der Waals surface area contributed by atoms with E-state index in [4.69, 9.17) is 16.0 Å². The van der Waals surface area contributed by atoms with E-state index in [-0.39, 0.29) is 6.03 Å². The maximum Gasteiger partial charge on any atom is 0.319 e. The monoisotopic (exact) mass is 343 g/mol. The molecule has 2 N–H and O–H groups in total. The van der Waals surface area contributed by atoms with Crippen LogP contribution in [0, 0.1) is 0 Å². The number of carbonyl (C=O) groups is 1. The zero-order chi connectivity index (χ0) is 16.8. The second-order valence-electron chi connectivity index (χ2n) is 4.88. The average Bonchev–Trinajstić information content (AvgIpc) is 3.07. The van der Waals surface area contributed by atoms with Gasteiger partial charge in [0.25, 0.3) is 0 Å². The van der Waals surface area contributed by atoms with Gasteiger partial charge in [-0.3, -0.25) is 4.98 Å². The molecule has 8 heteroatoms. The zero-order valence-corrected chi connectivity index (χ0v) is 13.3. The summed E-state index contributed by atoms with van der Waals surface area (Å²) in [5.74, 6) is 0.851. The van der Waals surface area contributed by atoms with Crippen LogP contribution < -0.4 is 10.6 Å². The first-order chi connectivity index (χ1) is 11.7. The zero-order valence-electron chi connectivity index (χ0n) is 12.6. The van der Waals surface area contributed by atoms with Gasteiger partial charge in [-0.25, -0.2) is 4.79 Å². The Kier molecular flexibility index (Phi) is 5.02. The molecule has 0 aliphatic carbocycles. The van der Waals surface area contributed by atoms with Gasteiger partial charge < -0.3 is 15.1 Å². The van der Waals surface area contributed by atoms with Gasteiger partial charge in [0, 0.05) is 36.1 Å². The maximum absolute atomic E-state index is 11.8. The van der Waals surface area contributed by atoms with Crippen LogP contribution in [0.3, 0.4) is 0 Å². The topological polar surface area (TPSA) is 92.9 Å². The molecule has 1 aromatic carbocycles. The van der Waals surface area contributed by atoms with Crippen molar-refractivity contribution in [3.05, 3.63) is 59.7 Å². The van der Waals surface area contributed by atoms with Gasteiger partial charge >= 0.3 is 6.03 Å². The predicted octanol–water partition coefficient (Wildman–Crippen LogP) is 3.15. The summed E-state index contributed by atoms with van der Waals surface area (Å²) in [5.41, 5.74) is 1.42. The molecule has 0 aliphatic heterocycles. The van der Waals surface area contributed by atoms with Gasteiger partial charge in [-0.05, 0) is 36.4 Å². The second kappa shape index (κ2) is 7.56. The van der Waals surface area contributed by atoms with Gasteiger partial charge in [-0.15, -0.1) is 10.2 Å². The van der Waals surface area contributed by atoms with Gasteiger partial charge in [0.1, 0.15) is 0 Å². The fourth-order valence-electron chi connectivity index (χ4n) is 1.95. The van der Waals surface area contributed by atoms with Crippen molar-refractivity contribution < 1.29 is 9.21 Å². The average molecular weight is 344 g/mol. The first kappa shape index (κ1) is 15.9.